The van der Waals surface area contributed by atoms with Crippen LogP contribution in [0, 0.1) is 6.92 Å². The van der Waals surface area contributed by atoms with Crippen LogP contribution in [0.5, 0.6) is 5.88 Å². The van der Waals surface area contributed by atoms with E-state index in [-0.39, 0.29) is 0 Å². The van der Waals surface area contributed by atoms with Crippen molar-refractivity contribution in [3.8, 4) is 5.88 Å². The maximum atomic E-state index is 5.40. The quantitative estimate of drug-likeness (QED) is 0.567. The minimum Gasteiger partial charge on any atom is -0.478 e. The smallest absolute Gasteiger partial charge is 0.221 e. The molecule has 0 aliphatic rings. The molecule has 0 atom stereocenters. The predicted octanol–water partition coefficient (Wildman–Crippen LogP) is 2.19. The molecule has 5 nitrogen and oxygen atoms in total. The van der Waals surface area contributed by atoms with Crippen LogP contribution in [0.2, 0.25) is 0 Å². The lowest BCUT2D eigenvalue weighted by Gasteiger charge is -2.11. The summed E-state index contributed by atoms with van der Waals surface area (Å²) in [5.74, 6) is 1.41. The number of ether oxygens (including phenoxy) is 2. The van der Waals surface area contributed by atoms with Crippen LogP contribution in [0.25, 0.3) is 0 Å². The van der Waals surface area contributed by atoms with Crippen LogP contribution in [0.1, 0.15) is 19.4 Å². The molecule has 0 aromatic carbocycles. The van der Waals surface area contributed by atoms with Crippen molar-refractivity contribution in [2.75, 3.05) is 31.7 Å². The van der Waals surface area contributed by atoms with E-state index in [4.69, 9.17) is 9.47 Å². The molecule has 0 unspecified atom stereocenters. The Bertz CT molecular complexity index is 394. The Morgan fingerprint density at radius 3 is 2.89 bits per heavy atom. The minimum absolute atomic E-state index is 0.592. The van der Waals surface area contributed by atoms with Crippen molar-refractivity contribution in [1.29, 1.82) is 0 Å². The zero-order chi connectivity index (χ0) is 13.4. The van der Waals surface area contributed by atoms with Gasteiger partial charge in [-0.2, -0.15) is 0 Å². The third-order valence-corrected chi connectivity index (χ3v) is 2.21. The summed E-state index contributed by atoms with van der Waals surface area (Å²) in [6.45, 7) is 12.1. The molecule has 0 amide bonds. The first-order valence-corrected chi connectivity index (χ1v) is 6.05. The Kier molecular flexibility index (Phi) is 6.14. The number of hydrogen-bond donors (Lipinski definition) is 1. The number of anilines is 1. The Labute approximate surface area is 108 Å². The largest absolute Gasteiger partial charge is 0.478 e. The van der Waals surface area contributed by atoms with E-state index in [1.807, 2.05) is 20.8 Å². The summed E-state index contributed by atoms with van der Waals surface area (Å²) < 4.78 is 10.8. The molecule has 1 aromatic rings. The molecule has 0 aliphatic heterocycles. The van der Waals surface area contributed by atoms with E-state index < -0.39 is 0 Å². The van der Waals surface area contributed by atoms with Gasteiger partial charge in [-0.25, -0.2) is 9.97 Å². The van der Waals surface area contributed by atoms with E-state index in [9.17, 15) is 0 Å². The zero-order valence-electron chi connectivity index (χ0n) is 11.3. The van der Waals surface area contributed by atoms with Gasteiger partial charge in [0.05, 0.1) is 25.4 Å². The van der Waals surface area contributed by atoms with E-state index in [1.54, 1.807) is 0 Å². The second kappa shape index (κ2) is 7.66. The van der Waals surface area contributed by atoms with Gasteiger partial charge >= 0.3 is 0 Å². The Morgan fingerprint density at radius 1 is 1.44 bits per heavy atom. The van der Waals surface area contributed by atoms with Crippen molar-refractivity contribution in [1.82, 2.24) is 9.97 Å². The van der Waals surface area contributed by atoms with Crippen LogP contribution in [0.4, 0.5) is 5.82 Å². The van der Waals surface area contributed by atoms with Crippen LogP contribution in [-0.4, -0.2) is 36.3 Å². The Balaban J connectivity index is 2.42. The number of rotatable bonds is 8. The lowest BCUT2D eigenvalue weighted by atomic mass is 10.3. The lowest BCUT2D eigenvalue weighted by Crippen LogP contribution is -2.13. The highest BCUT2D eigenvalue weighted by Crippen LogP contribution is 2.19. The fourth-order valence-corrected chi connectivity index (χ4v) is 1.38. The third kappa shape index (κ3) is 4.71. The molecule has 1 rings (SSSR count). The monoisotopic (exact) mass is 251 g/mol. The average molecular weight is 251 g/mol. The van der Waals surface area contributed by atoms with Crippen LogP contribution >= 0.6 is 0 Å². The number of nitrogens with one attached hydrogen (secondary N) is 1. The molecule has 0 spiro atoms. The predicted molar refractivity (Wildman–Crippen MR) is 72.1 cm³/mol. The van der Waals surface area contributed by atoms with Crippen molar-refractivity contribution in [2.24, 2.45) is 0 Å². The van der Waals surface area contributed by atoms with Gasteiger partial charge in [0.15, 0.2) is 0 Å². The van der Waals surface area contributed by atoms with Crippen LogP contribution in [0.15, 0.2) is 18.5 Å². The van der Waals surface area contributed by atoms with E-state index in [1.165, 1.54) is 6.33 Å². The van der Waals surface area contributed by atoms with E-state index in [0.717, 1.165) is 17.0 Å². The second-order valence-electron chi connectivity index (χ2n) is 4.02. The average Bonchev–Trinajstić information content (AvgIpc) is 2.33. The van der Waals surface area contributed by atoms with Gasteiger partial charge in [-0.05, 0) is 20.8 Å². The molecule has 0 fully saturated rings. The molecule has 0 bridgehead atoms. The first-order valence-electron chi connectivity index (χ1n) is 6.05. The van der Waals surface area contributed by atoms with E-state index >= 15 is 0 Å². The number of hydrogen-bond acceptors (Lipinski definition) is 5. The van der Waals surface area contributed by atoms with Gasteiger partial charge in [0.1, 0.15) is 12.1 Å². The van der Waals surface area contributed by atoms with Crippen molar-refractivity contribution in [3.63, 3.8) is 0 Å². The van der Waals surface area contributed by atoms with Gasteiger partial charge in [0.25, 0.3) is 0 Å². The van der Waals surface area contributed by atoms with Crippen molar-refractivity contribution < 1.29 is 9.47 Å². The standard InChI is InChI=1S/C13H21N3O2/c1-5-18-13-11(4)12(15-9-16-13)14-6-7-17-8-10(2)3/h9H,2,5-8H2,1,3-4H3,(H,14,15,16). The molecular formula is C13H21N3O2. The third-order valence-electron chi connectivity index (χ3n) is 2.21. The Hall–Kier alpha value is -1.62. The fourth-order valence-electron chi connectivity index (χ4n) is 1.38. The maximum Gasteiger partial charge on any atom is 0.221 e. The van der Waals surface area contributed by atoms with Crippen molar-refractivity contribution in [3.05, 3.63) is 24.0 Å². The summed E-state index contributed by atoms with van der Waals surface area (Å²) in [7, 11) is 0. The highest BCUT2D eigenvalue weighted by Gasteiger charge is 2.06. The van der Waals surface area contributed by atoms with E-state index in [0.29, 0.717) is 32.2 Å². The summed E-state index contributed by atoms with van der Waals surface area (Å²) in [5, 5.41) is 3.20. The first-order chi connectivity index (χ1) is 8.65. The summed E-state index contributed by atoms with van der Waals surface area (Å²) in [5.41, 5.74) is 1.94. The minimum atomic E-state index is 0.592. The normalized spacial score (nSPS) is 10.2. The number of aromatic nitrogens is 2. The van der Waals surface area contributed by atoms with E-state index in [2.05, 4.69) is 21.9 Å². The molecule has 1 heterocycles. The first kappa shape index (κ1) is 14.4. The number of nitrogens with zero attached hydrogens (tertiary/aromatic N) is 2. The summed E-state index contributed by atoms with van der Waals surface area (Å²) >= 11 is 0. The van der Waals surface area contributed by atoms with Crippen LogP contribution in [-0.2, 0) is 4.74 Å². The second-order valence-corrected chi connectivity index (χ2v) is 4.02. The lowest BCUT2D eigenvalue weighted by molar-refractivity contribution is 0.167. The van der Waals surface area contributed by atoms with Crippen LogP contribution < -0.4 is 10.1 Å². The maximum absolute atomic E-state index is 5.40. The molecular weight excluding hydrogens is 230 g/mol. The summed E-state index contributed by atoms with van der Waals surface area (Å²) in [6, 6.07) is 0. The molecule has 1 aromatic heterocycles. The molecule has 0 saturated heterocycles. The Morgan fingerprint density at radius 2 is 2.22 bits per heavy atom. The SMILES string of the molecule is C=C(C)COCCNc1ncnc(OCC)c1C. The molecule has 0 aliphatic carbocycles. The van der Waals surface area contributed by atoms with Gasteiger partial charge < -0.3 is 14.8 Å². The summed E-state index contributed by atoms with van der Waals surface area (Å²) in [6.07, 6.45) is 1.50. The topological polar surface area (TPSA) is 56.3 Å². The van der Waals surface area contributed by atoms with Gasteiger partial charge in [-0.1, -0.05) is 12.2 Å². The van der Waals surface area contributed by atoms with Crippen LogP contribution in [0.3, 0.4) is 0 Å². The molecule has 0 saturated carbocycles. The zero-order valence-corrected chi connectivity index (χ0v) is 11.3. The molecule has 1 N–H and O–H groups in total. The van der Waals surface area contributed by atoms with Crippen molar-refractivity contribution >= 4 is 5.82 Å². The molecule has 0 radical (unpaired) electrons. The van der Waals surface area contributed by atoms with Gasteiger partial charge in [-0.3, -0.25) is 0 Å². The molecule has 100 valence electrons. The summed E-state index contributed by atoms with van der Waals surface area (Å²) in [4.78, 5) is 8.26. The van der Waals surface area contributed by atoms with Gasteiger partial charge in [0.2, 0.25) is 5.88 Å². The van der Waals surface area contributed by atoms with Gasteiger partial charge in [0, 0.05) is 6.54 Å². The van der Waals surface area contributed by atoms with Crippen molar-refractivity contribution in [2.45, 2.75) is 20.8 Å². The highest BCUT2D eigenvalue weighted by atomic mass is 16.5. The molecule has 5 heteroatoms. The highest BCUT2D eigenvalue weighted by molar-refractivity contribution is 5.47. The van der Waals surface area contributed by atoms with Gasteiger partial charge in [-0.15, -0.1) is 0 Å². The fraction of sp³-hybridized carbons (Fsp3) is 0.538. The molecule has 18 heavy (non-hydrogen) atoms.